The standard InChI is InChI=1S/C15H16BrNO2/c16-8-7-15(18)17-9-10-19-14-6-5-12-3-1-2-4-13(12)11-14/h1-6,11H,7-10H2,(H,17,18). The summed E-state index contributed by atoms with van der Waals surface area (Å²) in [6, 6.07) is 14.1. The molecule has 100 valence electrons. The number of benzene rings is 2. The fourth-order valence-electron chi connectivity index (χ4n) is 1.79. The summed E-state index contributed by atoms with van der Waals surface area (Å²) in [5.74, 6) is 0.868. The molecule has 0 aromatic heterocycles. The van der Waals surface area contributed by atoms with Crippen molar-refractivity contribution >= 4 is 32.6 Å². The Bertz CT molecular complexity index is 557. The molecule has 0 aliphatic rings. The van der Waals surface area contributed by atoms with Gasteiger partial charge < -0.3 is 10.1 Å². The van der Waals surface area contributed by atoms with Gasteiger partial charge in [-0.3, -0.25) is 4.79 Å². The average molecular weight is 322 g/mol. The topological polar surface area (TPSA) is 38.3 Å². The van der Waals surface area contributed by atoms with E-state index in [1.54, 1.807) is 0 Å². The SMILES string of the molecule is O=C(CCBr)NCCOc1ccc2ccccc2c1. The summed E-state index contributed by atoms with van der Waals surface area (Å²) in [6.07, 6.45) is 0.496. The zero-order chi connectivity index (χ0) is 13.5. The van der Waals surface area contributed by atoms with Gasteiger partial charge in [0.05, 0.1) is 6.54 Å². The molecule has 4 heteroatoms. The first-order chi connectivity index (χ1) is 9.29. The number of ether oxygens (including phenoxy) is 1. The van der Waals surface area contributed by atoms with E-state index >= 15 is 0 Å². The van der Waals surface area contributed by atoms with Crippen LogP contribution in [0, 0.1) is 0 Å². The van der Waals surface area contributed by atoms with Crippen molar-refractivity contribution in [1.82, 2.24) is 5.32 Å². The molecule has 2 aromatic carbocycles. The lowest BCUT2D eigenvalue weighted by Gasteiger charge is -2.08. The lowest BCUT2D eigenvalue weighted by atomic mass is 10.1. The van der Waals surface area contributed by atoms with Crippen LogP contribution in [0.5, 0.6) is 5.75 Å². The van der Waals surface area contributed by atoms with Gasteiger partial charge in [-0.2, -0.15) is 0 Å². The zero-order valence-corrected chi connectivity index (χ0v) is 12.2. The largest absolute Gasteiger partial charge is 0.492 e. The van der Waals surface area contributed by atoms with Crippen LogP contribution in [0.4, 0.5) is 0 Å². The molecule has 0 atom stereocenters. The van der Waals surface area contributed by atoms with Crippen molar-refractivity contribution in [2.75, 3.05) is 18.5 Å². The summed E-state index contributed by atoms with van der Waals surface area (Å²) in [5, 5.41) is 5.83. The van der Waals surface area contributed by atoms with Crippen LogP contribution in [-0.2, 0) is 4.79 Å². The number of nitrogens with one attached hydrogen (secondary N) is 1. The Morgan fingerprint density at radius 1 is 1.16 bits per heavy atom. The van der Waals surface area contributed by atoms with Crippen molar-refractivity contribution in [1.29, 1.82) is 0 Å². The minimum atomic E-state index is 0.0407. The molecule has 0 radical (unpaired) electrons. The second kappa shape index (κ2) is 7.14. The number of hydrogen-bond donors (Lipinski definition) is 1. The number of amides is 1. The molecule has 0 spiro atoms. The van der Waals surface area contributed by atoms with Crippen LogP contribution in [0.1, 0.15) is 6.42 Å². The number of hydrogen-bond acceptors (Lipinski definition) is 2. The van der Waals surface area contributed by atoms with E-state index in [-0.39, 0.29) is 5.91 Å². The first kappa shape index (κ1) is 13.9. The van der Waals surface area contributed by atoms with Gasteiger partial charge in [-0.15, -0.1) is 0 Å². The molecule has 0 saturated heterocycles. The molecule has 0 fully saturated rings. The Morgan fingerprint density at radius 3 is 2.74 bits per heavy atom. The van der Waals surface area contributed by atoms with Gasteiger partial charge in [-0.1, -0.05) is 46.3 Å². The maximum absolute atomic E-state index is 11.2. The third kappa shape index (κ3) is 4.24. The summed E-state index contributed by atoms with van der Waals surface area (Å²) >= 11 is 3.23. The van der Waals surface area contributed by atoms with Gasteiger partial charge in [0.2, 0.25) is 5.91 Å². The number of carbonyl (C=O) groups is 1. The number of fused-ring (bicyclic) bond motifs is 1. The molecular weight excluding hydrogens is 306 g/mol. The van der Waals surface area contributed by atoms with Crippen LogP contribution in [0.25, 0.3) is 10.8 Å². The van der Waals surface area contributed by atoms with E-state index in [0.717, 1.165) is 11.1 Å². The van der Waals surface area contributed by atoms with Gasteiger partial charge in [-0.25, -0.2) is 0 Å². The van der Waals surface area contributed by atoms with Gasteiger partial charge in [0.15, 0.2) is 0 Å². The highest BCUT2D eigenvalue weighted by Crippen LogP contribution is 2.20. The van der Waals surface area contributed by atoms with Crippen LogP contribution in [0.15, 0.2) is 42.5 Å². The molecule has 3 nitrogen and oxygen atoms in total. The smallest absolute Gasteiger partial charge is 0.220 e. The molecular formula is C15H16BrNO2. The van der Waals surface area contributed by atoms with E-state index in [1.165, 1.54) is 5.39 Å². The Balaban J connectivity index is 1.83. The number of rotatable bonds is 6. The lowest BCUT2D eigenvalue weighted by Crippen LogP contribution is -2.28. The fourth-order valence-corrected chi connectivity index (χ4v) is 2.15. The van der Waals surface area contributed by atoms with E-state index in [1.807, 2.05) is 30.3 Å². The van der Waals surface area contributed by atoms with E-state index in [0.29, 0.717) is 24.9 Å². The highest BCUT2D eigenvalue weighted by molar-refractivity contribution is 9.09. The summed E-state index contributed by atoms with van der Waals surface area (Å²) in [5.41, 5.74) is 0. The molecule has 19 heavy (non-hydrogen) atoms. The van der Waals surface area contributed by atoms with Crippen molar-refractivity contribution < 1.29 is 9.53 Å². The van der Waals surface area contributed by atoms with E-state index in [9.17, 15) is 4.79 Å². The molecule has 2 aromatic rings. The first-order valence-electron chi connectivity index (χ1n) is 6.24. The summed E-state index contributed by atoms with van der Waals surface area (Å²) in [7, 11) is 0. The Labute approximate surface area is 121 Å². The highest BCUT2D eigenvalue weighted by atomic mass is 79.9. The van der Waals surface area contributed by atoms with Crippen LogP contribution >= 0.6 is 15.9 Å². The molecule has 0 aliphatic carbocycles. The zero-order valence-electron chi connectivity index (χ0n) is 10.6. The van der Waals surface area contributed by atoms with Gasteiger partial charge in [0, 0.05) is 11.8 Å². The molecule has 0 unspecified atom stereocenters. The summed E-state index contributed by atoms with van der Waals surface area (Å²) < 4.78 is 5.62. The minimum absolute atomic E-state index is 0.0407. The van der Waals surface area contributed by atoms with E-state index < -0.39 is 0 Å². The van der Waals surface area contributed by atoms with Gasteiger partial charge in [0.25, 0.3) is 0 Å². The maximum Gasteiger partial charge on any atom is 0.220 e. The van der Waals surface area contributed by atoms with Gasteiger partial charge >= 0.3 is 0 Å². The van der Waals surface area contributed by atoms with E-state index in [2.05, 4.69) is 33.4 Å². The average Bonchev–Trinajstić information content (AvgIpc) is 2.44. The molecule has 2 rings (SSSR count). The van der Waals surface area contributed by atoms with Crippen molar-refractivity contribution in [2.45, 2.75) is 6.42 Å². The molecule has 0 aliphatic heterocycles. The molecule has 1 N–H and O–H groups in total. The fraction of sp³-hybridized carbons (Fsp3) is 0.267. The second-order valence-corrected chi connectivity index (χ2v) is 4.94. The molecule has 1 amide bonds. The minimum Gasteiger partial charge on any atom is -0.492 e. The predicted molar refractivity (Wildman–Crippen MR) is 80.9 cm³/mol. The van der Waals surface area contributed by atoms with Crippen molar-refractivity contribution in [2.24, 2.45) is 0 Å². The normalized spacial score (nSPS) is 10.4. The predicted octanol–water partition coefficient (Wildman–Crippen LogP) is 3.12. The first-order valence-corrected chi connectivity index (χ1v) is 7.36. The van der Waals surface area contributed by atoms with Crippen LogP contribution in [-0.4, -0.2) is 24.4 Å². The number of carbonyl (C=O) groups excluding carboxylic acids is 1. The molecule has 0 saturated carbocycles. The molecule has 0 bridgehead atoms. The summed E-state index contributed by atoms with van der Waals surface area (Å²) in [6.45, 7) is 1.00. The Hall–Kier alpha value is -1.55. The molecule has 0 heterocycles. The van der Waals surface area contributed by atoms with Gasteiger partial charge in [-0.05, 0) is 22.9 Å². The Morgan fingerprint density at radius 2 is 1.95 bits per heavy atom. The monoisotopic (exact) mass is 321 g/mol. The second-order valence-electron chi connectivity index (χ2n) is 4.15. The highest BCUT2D eigenvalue weighted by Gasteiger charge is 2.00. The Kier molecular flexibility index (Phi) is 5.21. The lowest BCUT2D eigenvalue weighted by molar-refractivity contribution is -0.120. The van der Waals surface area contributed by atoms with Crippen LogP contribution in [0.3, 0.4) is 0 Å². The van der Waals surface area contributed by atoms with Crippen molar-refractivity contribution in [3.05, 3.63) is 42.5 Å². The maximum atomic E-state index is 11.2. The van der Waals surface area contributed by atoms with Crippen LogP contribution in [0.2, 0.25) is 0 Å². The van der Waals surface area contributed by atoms with E-state index in [4.69, 9.17) is 4.74 Å². The van der Waals surface area contributed by atoms with Gasteiger partial charge in [0.1, 0.15) is 12.4 Å². The summed E-state index contributed by atoms with van der Waals surface area (Å²) in [4.78, 5) is 11.2. The van der Waals surface area contributed by atoms with Crippen molar-refractivity contribution in [3.63, 3.8) is 0 Å². The third-order valence-corrected chi connectivity index (χ3v) is 3.13. The third-order valence-electron chi connectivity index (χ3n) is 2.74. The van der Waals surface area contributed by atoms with Crippen LogP contribution < -0.4 is 10.1 Å². The quantitative estimate of drug-likeness (QED) is 0.655. The number of halogens is 1. The number of alkyl halides is 1. The van der Waals surface area contributed by atoms with Crippen molar-refractivity contribution in [3.8, 4) is 5.75 Å².